The Balaban J connectivity index is 1.53. The van der Waals surface area contributed by atoms with E-state index in [9.17, 15) is 13.2 Å². The van der Waals surface area contributed by atoms with Crippen LogP contribution in [0.2, 0.25) is 0 Å². The van der Waals surface area contributed by atoms with Gasteiger partial charge in [-0.05, 0) is 18.6 Å². The van der Waals surface area contributed by atoms with E-state index in [4.69, 9.17) is 18.8 Å². The highest BCUT2D eigenvalue weighted by atomic mass is 32.2. The molecule has 3 aromatic rings. The summed E-state index contributed by atoms with van der Waals surface area (Å²) in [5, 5.41) is 10.8. The summed E-state index contributed by atoms with van der Waals surface area (Å²) in [5.74, 6) is -0.267. The topological polar surface area (TPSA) is 155 Å². The van der Waals surface area contributed by atoms with Crippen LogP contribution >= 0.6 is 11.3 Å². The molecule has 3 heterocycles. The number of anilines is 1. The van der Waals surface area contributed by atoms with Crippen molar-refractivity contribution in [1.82, 2.24) is 15.1 Å². The molecule has 0 aliphatic carbocycles. The van der Waals surface area contributed by atoms with Crippen LogP contribution < -0.4 is 5.32 Å². The van der Waals surface area contributed by atoms with Gasteiger partial charge in [0.2, 0.25) is 12.2 Å². The lowest BCUT2D eigenvalue weighted by Crippen LogP contribution is -2.25. The van der Waals surface area contributed by atoms with Crippen molar-refractivity contribution in [2.75, 3.05) is 38.0 Å². The fourth-order valence-electron chi connectivity index (χ4n) is 3.15. The van der Waals surface area contributed by atoms with Crippen molar-refractivity contribution in [3.8, 4) is 10.7 Å². The fourth-order valence-corrected chi connectivity index (χ4v) is 5.18. The lowest BCUT2D eigenvalue weighted by atomic mass is 10.1. The minimum Gasteiger partial charge on any atom is -0.389 e. The average Bonchev–Trinajstić information content (AvgIpc) is 3.62. The molecule has 0 spiro atoms. The summed E-state index contributed by atoms with van der Waals surface area (Å²) in [4.78, 5) is 27.5. The zero-order valence-electron chi connectivity index (χ0n) is 18.7. The van der Waals surface area contributed by atoms with E-state index in [-0.39, 0.29) is 22.5 Å². The third kappa shape index (κ3) is 6.48. The maximum absolute atomic E-state index is 13.1. The first-order valence-corrected chi connectivity index (χ1v) is 13.1. The summed E-state index contributed by atoms with van der Waals surface area (Å²) in [6, 6.07) is 5.92. The van der Waals surface area contributed by atoms with Crippen molar-refractivity contribution in [3.05, 3.63) is 42.4 Å². The van der Waals surface area contributed by atoms with E-state index < -0.39 is 15.7 Å². The van der Waals surface area contributed by atoms with Crippen LogP contribution in [-0.4, -0.2) is 73.9 Å². The zero-order chi connectivity index (χ0) is 24.7. The van der Waals surface area contributed by atoms with Gasteiger partial charge in [-0.25, -0.2) is 13.4 Å². The van der Waals surface area contributed by atoms with E-state index in [1.807, 2.05) is 0 Å². The van der Waals surface area contributed by atoms with Gasteiger partial charge in [-0.15, -0.1) is 0 Å². The van der Waals surface area contributed by atoms with Crippen molar-refractivity contribution in [3.63, 3.8) is 0 Å². The number of benzene rings is 1. The summed E-state index contributed by atoms with van der Waals surface area (Å²) in [6.45, 7) is 1.27. The zero-order valence-corrected chi connectivity index (χ0v) is 20.4. The number of hydrogen-bond acceptors (Lipinski definition) is 12. The third-order valence-electron chi connectivity index (χ3n) is 4.95. The van der Waals surface area contributed by atoms with Gasteiger partial charge in [0.25, 0.3) is 5.91 Å². The summed E-state index contributed by atoms with van der Waals surface area (Å²) in [7, 11) is -1.97. The Morgan fingerprint density at radius 2 is 2.11 bits per heavy atom. The van der Waals surface area contributed by atoms with Gasteiger partial charge in [-0.2, -0.15) is 4.98 Å². The van der Waals surface area contributed by atoms with Crippen molar-refractivity contribution >= 4 is 37.9 Å². The first kappa shape index (κ1) is 24.9. The highest BCUT2D eigenvalue weighted by Crippen LogP contribution is 2.26. The highest BCUT2D eigenvalue weighted by molar-refractivity contribution is 7.91. The van der Waals surface area contributed by atoms with E-state index in [2.05, 4.69) is 25.6 Å². The predicted octanol–water partition coefficient (Wildman–Crippen LogP) is 2.15. The second-order valence-electron chi connectivity index (χ2n) is 7.46. The van der Waals surface area contributed by atoms with Crippen molar-refractivity contribution in [2.45, 2.75) is 23.8 Å². The van der Waals surface area contributed by atoms with E-state index in [0.29, 0.717) is 54.1 Å². The summed E-state index contributed by atoms with van der Waals surface area (Å²) < 4.78 is 40.0. The van der Waals surface area contributed by atoms with Crippen molar-refractivity contribution < 1.29 is 32.0 Å². The van der Waals surface area contributed by atoms with Crippen molar-refractivity contribution in [2.24, 2.45) is 5.16 Å². The molecule has 1 amide bonds. The molecule has 4 rings (SSSR count). The second kappa shape index (κ2) is 11.5. The molecule has 0 bridgehead atoms. The third-order valence-corrected chi connectivity index (χ3v) is 7.68. The van der Waals surface area contributed by atoms with Gasteiger partial charge >= 0.3 is 0 Å². The molecule has 1 fully saturated rings. The lowest BCUT2D eigenvalue weighted by molar-refractivity contribution is -0.110. The van der Waals surface area contributed by atoms with Gasteiger partial charge in [0.15, 0.2) is 26.8 Å². The first-order valence-electron chi connectivity index (χ1n) is 10.6. The van der Waals surface area contributed by atoms with Crippen LogP contribution in [0.25, 0.3) is 10.7 Å². The Morgan fingerprint density at radius 3 is 2.80 bits per heavy atom. The molecule has 14 heteroatoms. The number of carbonyl (C=O) groups is 1. The monoisotopic (exact) mass is 521 g/mol. The van der Waals surface area contributed by atoms with Gasteiger partial charge < -0.3 is 18.8 Å². The molecular weight excluding hydrogens is 498 g/mol. The van der Waals surface area contributed by atoms with Crippen LogP contribution in [0.15, 0.2) is 51.4 Å². The number of amides is 1. The Labute approximate surface area is 205 Å². The molecule has 1 saturated heterocycles. The maximum Gasteiger partial charge on any atom is 0.280 e. The highest BCUT2D eigenvalue weighted by Gasteiger charge is 2.22. The molecule has 0 radical (unpaired) electrons. The first-order chi connectivity index (χ1) is 17.0. The molecule has 1 aliphatic rings. The van der Waals surface area contributed by atoms with E-state index in [0.717, 1.165) is 11.3 Å². The number of methoxy groups -OCH3 is 1. The number of ether oxygens (including phenoxy) is 2. The molecule has 1 atom stereocenters. The van der Waals surface area contributed by atoms with Crippen LogP contribution in [0.5, 0.6) is 0 Å². The number of oxime groups is 1. The van der Waals surface area contributed by atoms with Gasteiger partial charge in [-0.3, -0.25) is 10.1 Å². The quantitative estimate of drug-likeness (QED) is 0.225. The summed E-state index contributed by atoms with van der Waals surface area (Å²) in [6.07, 6.45) is 3.47. The Bertz CT molecular complexity index is 1250. The van der Waals surface area contributed by atoms with Crippen LogP contribution in [-0.2, 0) is 28.9 Å². The molecule has 1 N–H and O–H groups in total. The Morgan fingerprint density at radius 1 is 1.29 bits per heavy atom. The standard InChI is InChI=1S/C21H23N5O7S2/c1-30-8-2-10-35(28,29)16-5-3-14(4-6-16)18(25-33-15-7-9-31-12-15)20(27)24-21-22-11-17(34-21)19-23-13-32-26-19/h3-6,11,13,15H,2,7-10,12H2,1H3,(H,22,24,27)/b25-18+/t15-/m1/s1. The number of sulfone groups is 1. The van der Waals surface area contributed by atoms with Gasteiger partial charge in [0, 0.05) is 25.7 Å². The van der Waals surface area contributed by atoms with E-state index in [1.165, 1.54) is 44.0 Å². The minimum atomic E-state index is -3.48. The molecule has 0 saturated carbocycles. The summed E-state index contributed by atoms with van der Waals surface area (Å²) in [5.41, 5.74) is 0.351. The molecule has 12 nitrogen and oxygen atoms in total. The molecule has 1 aromatic carbocycles. The molecule has 0 unspecified atom stereocenters. The second-order valence-corrected chi connectivity index (χ2v) is 10.6. The number of thiazole rings is 1. The molecule has 1 aliphatic heterocycles. The number of carbonyl (C=O) groups excluding carboxylic acids is 1. The van der Waals surface area contributed by atoms with Gasteiger partial charge in [-0.1, -0.05) is 33.8 Å². The number of rotatable bonds is 11. The predicted molar refractivity (Wildman–Crippen MR) is 126 cm³/mol. The number of aromatic nitrogens is 3. The molecule has 35 heavy (non-hydrogen) atoms. The number of nitrogens with zero attached hydrogens (tertiary/aromatic N) is 4. The van der Waals surface area contributed by atoms with Crippen LogP contribution in [0, 0.1) is 0 Å². The maximum atomic E-state index is 13.1. The van der Waals surface area contributed by atoms with E-state index >= 15 is 0 Å². The van der Waals surface area contributed by atoms with Crippen molar-refractivity contribution in [1.29, 1.82) is 0 Å². The Kier molecular flexibility index (Phi) is 8.17. The molecule has 186 valence electrons. The van der Waals surface area contributed by atoms with Gasteiger partial charge in [0.05, 0.1) is 34.9 Å². The lowest BCUT2D eigenvalue weighted by Gasteiger charge is -2.10. The number of nitrogens with one attached hydrogen (secondary N) is 1. The van der Waals surface area contributed by atoms with Crippen LogP contribution in [0.4, 0.5) is 5.13 Å². The summed E-state index contributed by atoms with van der Waals surface area (Å²) >= 11 is 1.16. The van der Waals surface area contributed by atoms with Gasteiger partial charge in [0.1, 0.15) is 0 Å². The largest absolute Gasteiger partial charge is 0.389 e. The SMILES string of the molecule is COCCCS(=O)(=O)c1ccc(/C(=N\O[C@@H]2CCOC2)C(=O)Nc2ncc(-c3ncon3)s2)cc1. The molecule has 2 aromatic heterocycles. The van der Waals surface area contributed by atoms with Crippen LogP contribution in [0.3, 0.4) is 0 Å². The van der Waals surface area contributed by atoms with Crippen LogP contribution in [0.1, 0.15) is 18.4 Å². The minimum absolute atomic E-state index is 0.0310. The average molecular weight is 522 g/mol. The van der Waals surface area contributed by atoms with E-state index in [1.54, 1.807) is 0 Å². The molecular formula is C21H23N5O7S2. The fraction of sp³-hybridized carbons (Fsp3) is 0.381. The normalized spacial score (nSPS) is 16.4. The smallest absolute Gasteiger partial charge is 0.280 e. The Hall–Kier alpha value is -3.20. The number of hydrogen-bond donors (Lipinski definition) is 1.